The fourth-order valence-corrected chi connectivity index (χ4v) is 19.3. The minimum absolute atomic E-state index is 0.00756. The minimum Gasteiger partial charge on any atom is -0.454 e. The Morgan fingerprint density at radius 2 is 0.927 bits per heavy atom. The maximum absolute atomic E-state index is 7.10. The Hall–Kier alpha value is -7.74. The summed E-state index contributed by atoms with van der Waals surface area (Å²) in [6.07, 6.45) is 9.64. The van der Waals surface area contributed by atoms with E-state index in [0.29, 0.717) is 0 Å². The maximum Gasteiger partial charge on any atom is 0.252 e. The van der Waals surface area contributed by atoms with E-state index in [1.54, 1.807) is 5.56 Å². The van der Waals surface area contributed by atoms with Gasteiger partial charge in [-0.25, -0.2) is 0 Å². The third kappa shape index (κ3) is 6.20. The van der Waals surface area contributed by atoms with Crippen molar-refractivity contribution in [2.75, 3.05) is 19.6 Å². The lowest BCUT2D eigenvalue weighted by molar-refractivity contribution is 0.194. The molecule has 0 spiro atoms. The normalized spacial score (nSPS) is 23.1. The smallest absolute Gasteiger partial charge is 0.252 e. The Morgan fingerprint density at radius 3 is 1.57 bits per heavy atom. The lowest BCUT2D eigenvalue weighted by Gasteiger charge is -2.51. The number of furan rings is 1. The minimum atomic E-state index is -0.111. The van der Waals surface area contributed by atoms with E-state index in [-0.39, 0.29) is 28.6 Å². The van der Waals surface area contributed by atoms with Crippen LogP contribution in [0.5, 0.6) is 0 Å². The highest BCUT2D eigenvalue weighted by Crippen LogP contribution is 2.64. The van der Waals surface area contributed by atoms with Crippen LogP contribution in [0.2, 0.25) is 0 Å². The van der Waals surface area contributed by atoms with Gasteiger partial charge >= 0.3 is 0 Å². The topological polar surface area (TPSA) is 26.1 Å². The molecule has 7 heteroatoms. The number of aryl methyl sites for hydroxylation is 5. The molecular formula is C75H69BN4OS. The second-order valence-corrected chi connectivity index (χ2v) is 27.7. The van der Waals surface area contributed by atoms with Gasteiger partial charge < -0.3 is 24.0 Å². The Kier molecular flexibility index (Phi) is 9.98. The Labute approximate surface area is 486 Å². The molecule has 6 heterocycles. The molecule has 404 valence electrons. The number of fused-ring (bicyclic) bond motifs is 16. The van der Waals surface area contributed by atoms with Gasteiger partial charge in [0, 0.05) is 93.0 Å². The molecule has 5 nitrogen and oxygen atoms in total. The highest BCUT2D eigenvalue weighted by molar-refractivity contribution is 7.25. The summed E-state index contributed by atoms with van der Waals surface area (Å²) in [5, 5.41) is 4.88. The quantitative estimate of drug-likeness (QED) is 0.164. The van der Waals surface area contributed by atoms with E-state index in [1.165, 1.54) is 160 Å². The van der Waals surface area contributed by atoms with Crippen LogP contribution in [-0.2, 0) is 10.8 Å². The summed E-state index contributed by atoms with van der Waals surface area (Å²) in [6, 6.07) is 61.7. The zero-order chi connectivity index (χ0) is 55.5. The average molecular weight is 1090 g/mol. The molecule has 82 heavy (non-hydrogen) atoms. The van der Waals surface area contributed by atoms with Crippen LogP contribution >= 0.6 is 11.3 Å². The monoisotopic (exact) mass is 1080 g/mol. The van der Waals surface area contributed by atoms with Crippen molar-refractivity contribution in [2.24, 2.45) is 0 Å². The third-order valence-corrected chi connectivity index (χ3v) is 23.1. The summed E-state index contributed by atoms with van der Waals surface area (Å²) in [6.45, 7) is 21.9. The standard InChI is InChI=1S/C75H69BN4OS/c1-44-35-47(4)68-61(37-44)79(74(8)33-16-14-31-72(68,74)6)50-25-28-56-59(42-50)77(49-27-30-67-55(41-49)53-20-11-13-24-66(53)82-67)63-39-46(3)40-64-70(63)76(56)57-29-26-51(80-62-38-45(2)36-48(5)69(62)73(7)32-15-17-34-75(73,80)9)43-60(57)78(64)58-22-18-21-54-52-19-10-12-23-65(52)81-71(54)58/h10-13,18-30,35-43H,14-17,31-34H2,1-9H3. The third-order valence-electron chi connectivity index (χ3n) is 22.0. The van der Waals surface area contributed by atoms with E-state index in [0.717, 1.165) is 40.5 Å². The van der Waals surface area contributed by atoms with Crippen molar-refractivity contribution < 1.29 is 4.42 Å². The molecule has 17 rings (SSSR count). The second-order valence-electron chi connectivity index (χ2n) is 26.6. The zero-order valence-electron chi connectivity index (χ0n) is 48.9. The van der Waals surface area contributed by atoms with Gasteiger partial charge in [0.05, 0.1) is 16.8 Å². The van der Waals surface area contributed by atoms with Crippen LogP contribution in [0.1, 0.15) is 118 Å². The highest BCUT2D eigenvalue weighted by Gasteiger charge is 2.60. The predicted octanol–water partition coefficient (Wildman–Crippen LogP) is 19.1. The van der Waals surface area contributed by atoms with Crippen molar-refractivity contribution >= 4 is 133 Å². The number of nitrogens with zero attached hydrogens (tertiary/aromatic N) is 4. The molecule has 0 bridgehead atoms. The number of para-hydroxylation sites is 2. The van der Waals surface area contributed by atoms with Gasteiger partial charge in [-0.3, -0.25) is 0 Å². The van der Waals surface area contributed by atoms with Crippen molar-refractivity contribution in [3.8, 4) is 0 Å². The zero-order valence-corrected chi connectivity index (χ0v) is 49.7. The number of hydrogen-bond donors (Lipinski definition) is 0. The van der Waals surface area contributed by atoms with Gasteiger partial charge in [0.15, 0.2) is 5.58 Å². The largest absolute Gasteiger partial charge is 0.454 e. The first-order chi connectivity index (χ1) is 39.7. The fraction of sp³-hybridized carbons (Fsp3) is 0.280. The Morgan fingerprint density at radius 1 is 0.415 bits per heavy atom. The van der Waals surface area contributed by atoms with Gasteiger partial charge in [-0.15, -0.1) is 11.3 Å². The van der Waals surface area contributed by atoms with Crippen molar-refractivity contribution in [3.05, 3.63) is 197 Å². The van der Waals surface area contributed by atoms with Crippen LogP contribution in [0.15, 0.2) is 162 Å². The molecule has 4 unspecified atom stereocenters. The summed E-state index contributed by atoms with van der Waals surface area (Å²) in [7, 11) is 0. The highest BCUT2D eigenvalue weighted by atomic mass is 32.1. The molecule has 2 fully saturated rings. The van der Waals surface area contributed by atoms with Crippen molar-refractivity contribution in [1.82, 2.24) is 0 Å². The molecule has 4 aliphatic heterocycles. The summed E-state index contributed by atoms with van der Waals surface area (Å²) in [4.78, 5) is 10.9. The summed E-state index contributed by atoms with van der Waals surface area (Å²) >= 11 is 1.89. The van der Waals surface area contributed by atoms with Crippen LogP contribution in [0, 0.1) is 34.6 Å². The molecule has 9 aromatic carbocycles. The molecule has 6 aliphatic rings. The van der Waals surface area contributed by atoms with E-state index < -0.39 is 0 Å². The number of anilines is 10. The van der Waals surface area contributed by atoms with Crippen LogP contribution in [0.3, 0.4) is 0 Å². The molecule has 2 aromatic heterocycles. The van der Waals surface area contributed by atoms with E-state index >= 15 is 0 Å². The van der Waals surface area contributed by atoms with Crippen LogP contribution in [-0.4, -0.2) is 17.8 Å². The van der Waals surface area contributed by atoms with Crippen molar-refractivity contribution in [1.29, 1.82) is 0 Å². The molecular weight excluding hydrogens is 1020 g/mol. The predicted molar refractivity (Wildman–Crippen MR) is 350 cm³/mol. The summed E-state index contributed by atoms with van der Waals surface area (Å²) < 4.78 is 9.73. The van der Waals surface area contributed by atoms with Gasteiger partial charge in [-0.05, 0) is 214 Å². The lowest BCUT2D eigenvalue weighted by atomic mass is 9.33. The van der Waals surface area contributed by atoms with Crippen LogP contribution in [0.25, 0.3) is 42.1 Å². The number of thiophene rings is 1. The molecule has 0 saturated heterocycles. The molecule has 2 saturated carbocycles. The van der Waals surface area contributed by atoms with Gasteiger partial charge in [-0.1, -0.05) is 112 Å². The molecule has 2 aliphatic carbocycles. The number of hydrogen-bond acceptors (Lipinski definition) is 6. The van der Waals surface area contributed by atoms with Crippen molar-refractivity contribution in [3.63, 3.8) is 0 Å². The molecule has 11 aromatic rings. The van der Waals surface area contributed by atoms with E-state index in [2.05, 4.69) is 240 Å². The molecule has 0 amide bonds. The summed E-state index contributed by atoms with van der Waals surface area (Å²) in [5.74, 6) is 0. The fourth-order valence-electron chi connectivity index (χ4n) is 18.2. The SMILES string of the molecule is Cc1cc2c3c(c1)N(c1cccc4c1oc1ccccc14)c1cc(N4c5cc(C)cc(C)c5C5(C)CCCCC45C)ccc1B3c1ccc(N3c4cc(C)cc(C)c4C4(C)CCCCC34C)cc1N2c1ccc2sc3ccccc3c2c1. The molecule has 0 radical (unpaired) electrons. The van der Waals surface area contributed by atoms with Gasteiger partial charge in [0.25, 0.3) is 6.71 Å². The number of rotatable bonds is 4. The average Bonchev–Trinajstić information content (AvgIpc) is 2.94. The van der Waals surface area contributed by atoms with Crippen molar-refractivity contribution in [2.45, 2.75) is 136 Å². The number of benzene rings is 9. The van der Waals surface area contributed by atoms with E-state index in [9.17, 15) is 0 Å². The van der Waals surface area contributed by atoms with E-state index in [4.69, 9.17) is 4.42 Å². The lowest BCUT2D eigenvalue weighted by Crippen LogP contribution is -2.61. The second kappa shape index (κ2) is 16.7. The van der Waals surface area contributed by atoms with E-state index in [1.807, 2.05) is 11.3 Å². The first-order valence-corrected chi connectivity index (χ1v) is 31.2. The van der Waals surface area contributed by atoms with Gasteiger partial charge in [0.1, 0.15) is 5.58 Å². The van der Waals surface area contributed by atoms with Gasteiger partial charge in [0.2, 0.25) is 0 Å². The first-order valence-electron chi connectivity index (χ1n) is 30.4. The van der Waals surface area contributed by atoms with Crippen LogP contribution in [0.4, 0.5) is 56.9 Å². The summed E-state index contributed by atoms with van der Waals surface area (Å²) in [5.41, 5.74) is 27.8. The van der Waals surface area contributed by atoms with Crippen LogP contribution < -0.4 is 36.0 Å². The molecule has 4 atom stereocenters. The Balaban J connectivity index is 0.958. The first kappa shape index (κ1) is 48.9. The maximum atomic E-state index is 7.10. The van der Waals surface area contributed by atoms with Gasteiger partial charge in [-0.2, -0.15) is 0 Å². The Bertz CT molecular complexity index is 4630. The molecule has 0 N–H and O–H groups in total.